The monoisotopic (exact) mass is 270 g/mol. The molecule has 0 radical (unpaired) electrons. The third-order valence-electron chi connectivity index (χ3n) is 4.25. The summed E-state index contributed by atoms with van der Waals surface area (Å²) in [6, 6.07) is -0.103. The van der Waals surface area contributed by atoms with E-state index in [9.17, 15) is 14.7 Å². The van der Waals surface area contributed by atoms with Crippen molar-refractivity contribution in [3.05, 3.63) is 0 Å². The van der Waals surface area contributed by atoms with Crippen LogP contribution in [0.25, 0.3) is 0 Å². The highest BCUT2D eigenvalue weighted by atomic mass is 16.4. The predicted octanol–water partition coefficient (Wildman–Crippen LogP) is 0.796. The van der Waals surface area contributed by atoms with Crippen molar-refractivity contribution in [1.29, 1.82) is 0 Å². The summed E-state index contributed by atoms with van der Waals surface area (Å²) in [7, 11) is 0. The van der Waals surface area contributed by atoms with Gasteiger partial charge in [-0.25, -0.2) is 4.79 Å². The van der Waals surface area contributed by atoms with Crippen molar-refractivity contribution in [1.82, 2.24) is 10.2 Å². The van der Waals surface area contributed by atoms with Crippen LogP contribution in [-0.2, 0) is 4.79 Å². The van der Waals surface area contributed by atoms with Crippen LogP contribution in [-0.4, -0.2) is 52.3 Å². The number of carbonyl (C=O) groups excluding carboxylic acids is 1. The smallest absolute Gasteiger partial charge is 0.317 e. The fourth-order valence-electron chi connectivity index (χ4n) is 3.04. The molecule has 1 saturated carbocycles. The second-order valence-corrected chi connectivity index (χ2v) is 5.51. The van der Waals surface area contributed by atoms with Gasteiger partial charge < -0.3 is 20.4 Å². The Labute approximate surface area is 112 Å². The lowest BCUT2D eigenvalue weighted by Gasteiger charge is -2.30. The summed E-state index contributed by atoms with van der Waals surface area (Å²) in [5.41, 5.74) is 0. The van der Waals surface area contributed by atoms with Crippen molar-refractivity contribution >= 4 is 12.0 Å². The number of rotatable bonds is 3. The average Bonchev–Trinajstić information content (AvgIpc) is 2.87. The van der Waals surface area contributed by atoms with Crippen molar-refractivity contribution < 1.29 is 19.8 Å². The number of carboxylic acid groups (broad SMARTS) is 1. The Balaban J connectivity index is 1.79. The molecule has 1 unspecified atom stereocenters. The molecule has 2 rings (SSSR count). The summed E-state index contributed by atoms with van der Waals surface area (Å²) < 4.78 is 0. The number of likely N-dealkylation sites (tertiary alicyclic amines) is 1. The molecule has 1 aliphatic carbocycles. The van der Waals surface area contributed by atoms with E-state index < -0.39 is 5.97 Å². The van der Waals surface area contributed by atoms with Crippen molar-refractivity contribution in [2.24, 2.45) is 5.92 Å². The number of hydrogen-bond donors (Lipinski definition) is 3. The largest absolute Gasteiger partial charge is 0.481 e. The van der Waals surface area contributed by atoms with Crippen LogP contribution in [0, 0.1) is 5.92 Å². The van der Waals surface area contributed by atoms with Gasteiger partial charge in [0.05, 0.1) is 18.6 Å². The Morgan fingerprint density at radius 2 is 1.84 bits per heavy atom. The first kappa shape index (κ1) is 14.1. The topological polar surface area (TPSA) is 89.9 Å². The van der Waals surface area contributed by atoms with E-state index in [2.05, 4.69) is 5.32 Å². The first-order valence-electron chi connectivity index (χ1n) is 7.02. The number of nitrogens with one attached hydrogen (secondary N) is 1. The van der Waals surface area contributed by atoms with Crippen LogP contribution in [0.2, 0.25) is 0 Å². The molecule has 0 bridgehead atoms. The van der Waals surface area contributed by atoms with E-state index in [0.29, 0.717) is 19.4 Å². The molecule has 0 aromatic carbocycles. The Morgan fingerprint density at radius 3 is 2.42 bits per heavy atom. The molecule has 0 aromatic rings. The van der Waals surface area contributed by atoms with Gasteiger partial charge in [0.15, 0.2) is 0 Å². The van der Waals surface area contributed by atoms with E-state index in [1.807, 2.05) is 0 Å². The molecule has 1 heterocycles. The maximum absolute atomic E-state index is 12.1. The number of urea groups is 1. The number of aliphatic carboxylic acids is 1. The molecule has 1 atom stereocenters. The van der Waals surface area contributed by atoms with E-state index in [-0.39, 0.29) is 30.6 Å². The van der Waals surface area contributed by atoms with Gasteiger partial charge in [-0.3, -0.25) is 4.79 Å². The van der Waals surface area contributed by atoms with Crippen LogP contribution in [0.3, 0.4) is 0 Å². The normalized spacial score (nSPS) is 31.2. The first-order chi connectivity index (χ1) is 9.11. The maximum atomic E-state index is 12.1. The summed E-state index contributed by atoms with van der Waals surface area (Å²) in [5.74, 6) is -0.991. The molecule has 1 aliphatic heterocycles. The Kier molecular flexibility index (Phi) is 4.63. The van der Waals surface area contributed by atoms with Gasteiger partial charge in [0.2, 0.25) is 0 Å². The van der Waals surface area contributed by atoms with Gasteiger partial charge in [-0.15, -0.1) is 0 Å². The third-order valence-corrected chi connectivity index (χ3v) is 4.25. The van der Waals surface area contributed by atoms with Gasteiger partial charge in [-0.2, -0.15) is 0 Å². The number of aliphatic hydroxyl groups excluding tert-OH is 1. The van der Waals surface area contributed by atoms with Gasteiger partial charge in [-0.05, 0) is 38.5 Å². The van der Waals surface area contributed by atoms with Crippen molar-refractivity contribution in [2.75, 3.05) is 13.2 Å². The molecular weight excluding hydrogens is 248 g/mol. The lowest BCUT2D eigenvalue weighted by molar-refractivity contribution is -0.142. The fraction of sp³-hybridized carbons (Fsp3) is 0.846. The number of nitrogens with zero attached hydrogens (tertiary/aromatic N) is 1. The third kappa shape index (κ3) is 3.37. The van der Waals surface area contributed by atoms with E-state index in [4.69, 9.17) is 5.11 Å². The van der Waals surface area contributed by atoms with Gasteiger partial charge >= 0.3 is 12.0 Å². The number of carbonyl (C=O) groups is 2. The summed E-state index contributed by atoms with van der Waals surface area (Å²) in [4.78, 5) is 24.6. The van der Waals surface area contributed by atoms with Crippen LogP contribution in [0.1, 0.15) is 38.5 Å². The van der Waals surface area contributed by atoms with Crippen LogP contribution >= 0.6 is 0 Å². The highest BCUT2D eigenvalue weighted by molar-refractivity contribution is 5.75. The summed E-state index contributed by atoms with van der Waals surface area (Å²) >= 11 is 0. The van der Waals surface area contributed by atoms with Crippen LogP contribution < -0.4 is 5.32 Å². The van der Waals surface area contributed by atoms with Crippen LogP contribution in [0.4, 0.5) is 4.79 Å². The molecule has 19 heavy (non-hydrogen) atoms. The van der Waals surface area contributed by atoms with Crippen molar-refractivity contribution in [2.45, 2.75) is 50.6 Å². The van der Waals surface area contributed by atoms with Crippen LogP contribution in [0.15, 0.2) is 0 Å². The number of hydrogen-bond acceptors (Lipinski definition) is 3. The van der Waals surface area contributed by atoms with E-state index in [1.165, 1.54) is 0 Å². The molecular formula is C13H22N2O4. The van der Waals surface area contributed by atoms with E-state index in [1.54, 1.807) is 4.90 Å². The standard InChI is InChI=1S/C13H22N2O4/c16-8-11-2-1-7-15(11)13(19)14-10-5-3-9(4-6-10)12(17)18/h9-11,16H,1-8H2,(H,14,19)(H,17,18). The zero-order valence-corrected chi connectivity index (χ0v) is 11.0. The number of aliphatic hydroxyl groups is 1. The molecule has 1 saturated heterocycles. The maximum Gasteiger partial charge on any atom is 0.317 e. The second-order valence-electron chi connectivity index (χ2n) is 5.51. The molecule has 108 valence electrons. The molecule has 6 heteroatoms. The highest BCUT2D eigenvalue weighted by Crippen LogP contribution is 2.25. The lowest BCUT2D eigenvalue weighted by Crippen LogP contribution is -2.48. The second kappa shape index (κ2) is 6.23. The predicted molar refractivity (Wildman–Crippen MR) is 68.7 cm³/mol. The molecule has 0 aromatic heterocycles. The highest BCUT2D eigenvalue weighted by Gasteiger charge is 2.31. The molecule has 2 aliphatic rings. The first-order valence-corrected chi connectivity index (χ1v) is 7.02. The molecule has 2 fully saturated rings. The quantitative estimate of drug-likeness (QED) is 0.707. The zero-order chi connectivity index (χ0) is 13.8. The lowest BCUT2D eigenvalue weighted by atomic mass is 9.86. The van der Waals surface area contributed by atoms with E-state index in [0.717, 1.165) is 25.7 Å². The summed E-state index contributed by atoms with van der Waals surface area (Å²) in [6.45, 7) is 0.709. The average molecular weight is 270 g/mol. The Morgan fingerprint density at radius 1 is 1.16 bits per heavy atom. The molecule has 2 amide bonds. The van der Waals surface area contributed by atoms with Gasteiger partial charge in [0.1, 0.15) is 0 Å². The Hall–Kier alpha value is -1.30. The fourth-order valence-corrected chi connectivity index (χ4v) is 3.04. The zero-order valence-electron chi connectivity index (χ0n) is 11.0. The van der Waals surface area contributed by atoms with Crippen LogP contribution in [0.5, 0.6) is 0 Å². The van der Waals surface area contributed by atoms with Gasteiger partial charge in [-0.1, -0.05) is 0 Å². The minimum absolute atomic E-state index is 0.0131. The van der Waals surface area contributed by atoms with Crippen molar-refractivity contribution in [3.63, 3.8) is 0 Å². The van der Waals surface area contributed by atoms with E-state index >= 15 is 0 Å². The van der Waals surface area contributed by atoms with Gasteiger partial charge in [0.25, 0.3) is 0 Å². The minimum Gasteiger partial charge on any atom is -0.481 e. The summed E-state index contributed by atoms with van der Waals surface area (Å²) in [5, 5.41) is 21.1. The summed E-state index contributed by atoms with van der Waals surface area (Å²) in [6.07, 6.45) is 4.49. The van der Waals surface area contributed by atoms with Gasteiger partial charge in [0, 0.05) is 12.6 Å². The minimum atomic E-state index is -0.732. The molecule has 6 nitrogen and oxygen atoms in total. The van der Waals surface area contributed by atoms with Crippen molar-refractivity contribution in [3.8, 4) is 0 Å². The molecule has 0 spiro atoms. The number of carboxylic acids is 1. The Bertz CT molecular complexity index is 340. The number of amides is 2. The SMILES string of the molecule is O=C(O)C1CCC(NC(=O)N2CCCC2CO)CC1. The molecule has 3 N–H and O–H groups in total.